The van der Waals surface area contributed by atoms with Crippen LogP contribution < -0.4 is 15.4 Å². The molecule has 78 valence electrons. The predicted octanol–water partition coefficient (Wildman–Crippen LogP) is 0.0248. The first kappa shape index (κ1) is 9.89. The van der Waals surface area contributed by atoms with E-state index < -0.39 is 0 Å². The molecule has 1 heterocycles. The van der Waals surface area contributed by atoms with Crippen LogP contribution in [-0.4, -0.2) is 27.6 Å². The number of rotatable bonds is 2. The van der Waals surface area contributed by atoms with Crippen LogP contribution in [0.3, 0.4) is 0 Å². The van der Waals surface area contributed by atoms with Crippen LogP contribution in [0.15, 0.2) is 24.3 Å². The first-order valence-electron chi connectivity index (χ1n) is 4.98. The summed E-state index contributed by atoms with van der Waals surface area (Å²) in [5.74, 6) is 0. The van der Waals surface area contributed by atoms with Crippen LogP contribution in [0.2, 0.25) is 0 Å². The van der Waals surface area contributed by atoms with E-state index in [0.29, 0.717) is 6.54 Å². The summed E-state index contributed by atoms with van der Waals surface area (Å²) in [6, 6.07) is 8.23. The lowest BCUT2D eigenvalue weighted by atomic mass is 10.1. The third-order valence-corrected chi connectivity index (χ3v) is 2.58. The molecule has 1 fully saturated rings. The van der Waals surface area contributed by atoms with Crippen LogP contribution in [0.4, 0.5) is 10.5 Å². The van der Waals surface area contributed by atoms with Gasteiger partial charge in [-0.1, -0.05) is 12.1 Å². The van der Waals surface area contributed by atoms with Crippen LogP contribution in [0.1, 0.15) is 11.6 Å². The number of anilines is 1. The number of nitrogens with zero attached hydrogens (tertiary/aromatic N) is 1. The first-order chi connectivity index (χ1) is 7.16. The number of carbonyl (C=O) groups excluding carboxylic acids is 1. The van der Waals surface area contributed by atoms with Crippen LogP contribution in [-0.2, 0) is 0 Å². The maximum absolute atomic E-state index is 11.0. The Morgan fingerprint density at radius 2 is 2.07 bits per heavy atom. The minimum Gasteiger partial charge on any atom is -0.424 e. The van der Waals surface area contributed by atoms with Crippen molar-refractivity contribution in [2.45, 2.75) is 6.04 Å². The summed E-state index contributed by atoms with van der Waals surface area (Å²) in [5, 5.41) is 5.60. The summed E-state index contributed by atoms with van der Waals surface area (Å²) in [5.41, 5.74) is 2.30. The van der Waals surface area contributed by atoms with Gasteiger partial charge in [-0.25, -0.2) is 4.79 Å². The van der Waals surface area contributed by atoms with Crippen LogP contribution in [0.5, 0.6) is 0 Å². The highest BCUT2D eigenvalue weighted by molar-refractivity contribution is 6.17. The molecule has 15 heavy (non-hydrogen) atoms. The highest BCUT2D eigenvalue weighted by atomic mass is 16.2. The van der Waals surface area contributed by atoms with Gasteiger partial charge >= 0.3 is 6.03 Å². The summed E-state index contributed by atoms with van der Waals surface area (Å²) < 4.78 is 0. The monoisotopic (exact) mass is 203 g/mol. The molecular weight excluding hydrogens is 189 g/mol. The second kappa shape index (κ2) is 3.84. The van der Waals surface area contributed by atoms with Gasteiger partial charge in [-0.2, -0.15) is 0 Å². The molecule has 1 unspecified atom stereocenters. The van der Waals surface area contributed by atoms with E-state index in [2.05, 4.69) is 27.6 Å². The zero-order chi connectivity index (χ0) is 10.8. The fourth-order valence-corrected chi connectivity index (χ4v) is 1.66. The molecule has 4 nitrogen and oxygen atoms in total. The predicted molar refractivity (Wildman–Crippen MR) is 62.7 cm³/mol. The van der Waals surface area contributed by atoms with E-state index in [4.69, 9.17) is 0 Å². The Morgan fingerprint density at radius 3 is 2.53 bits per heavy atom. The van der Waals surface area contributed by atoms with E-state index in [1.54, 1.807) is 0 Å². The fourth-order valence-electron chi connectivity index (χ4n) is 1.66. The van der Waals surface area contributed by atoms with Gasteiger partial charge in [0.1, 0.15) is 0 Å². The maximum atomic E-state index is 11.0. The topological polar surface area (TPSA) is 44.4 Å². The minimum atomic E-state index is -0.0864. The Balaban J connectivity index is 2.13. The Hall–Kier alpha value is -1.65. The molecule has 0 saturated carbocycles. The van der Waals surface area contributed by atoms with Crippen molar-refractivity contribution in [3.05, 3.63) is 29.8 Å². The van der Waals surface area contributed by atoms with Gasteiger partial charge < -0.3 is 15.4 Å². The van der Waals surface area contributed by atoms with E-state index in [1.807, 2.05) is 27.2 Å². The smallest absolute Gasteiger partial charge is 0.315 e. The molecule has 5 heteroatoms. The molecule has 2 amide bonds. The van der Waals surface area contributed by atoms with Gasteiger partial charge in [-0.3, -0.25) is 0 Å². The Labute approximate surface area is 90.1 Å². The van der Waals surface area contributed by atoms with Crippen molar-refractivity contribution in [1.82, 2.24) is 10.6 Å². The highest BCUT2D eigenvalue weighted by Crippen LogP contribution is 2.18. The quantitative estimate of drug-likeness (QED) is 0.665. The lowest BCUT2D eigenvalue weighted by molar-refractivity contribution is 0.247. The zero-order valence-electron chi connectivity index (χ0n) is 8.95. The molecule has 0 aliphatic carbocycles. The van der Waals surface area contributed by atoms with Gasteiger partial charge in [-0.05, 0) is 24.7 Å². The van der Waals surface area contributed by atoms with Gasteiger partial charge in [0, 0.05) is 12.2 Å². The van der Waals surface area contributed by atoms with E-state index in [1.165, 1.54) is 0 Å². The molecule has 1 aliphatic heterocycles. The lowest BCUT2D eigenvalue weighted by Gasteiger charge is -2.15. The van der Waals surface area contributed by atoms with Gasteiger partial charge in [0.2, 0.25) is 7.98 Å². The number of urea groups is 1. The molecular formula is C10H14BN3O. The summed E-state index contributed by atoms with van der Waals surface area (Å²) in [4.78, 5) is 13.0. The molecule has 1 saturated heterocycles. The van der Waals surface area contributed by atoms with E-state index in [-0.39, 0.29) is 12.1 Å². The van der Waals surface area contributed by atoms with Crippen molar-refractivity contribution in [2.75, 3.05) is 18.4 Å². The average molecular weight is 203 g/mol. The van der Waals surface area contributed by atoms with E-state index in [0.717, 1.165) is 11.3 Å². The third-order valence-electron chi connectivity index (χ3n) is 2.58. The molecule has 1 atom stereocenters. The van der Waals surface area contributed by atoms with Gasteiger partial charge in [0.25, 0.3) is 0 Å². The van der Waals surface area contributed by atoms with Gasteiger partial charge in [0.15, 0.2) is 0 Å². The lowest BCUT2D eigenvalue weighted by Crippen LogP contribution is -2.21. The van der Waals surface area contributed by atoms with Crippen LogP contribution in [0, 0.1) is 0 Å². The summed E-state index contributed by atoms with van der Waals surface area (Å²) in [6.45, 7) is 0.667. The summed E-state index contributed by atoms with van der Waals surface area (Å²) >= 11 is 0. The van der Waals surface area contributed by atoms with E-state index >= 15 is 0 Å². The number of nitrogens with one attached hydrogen (secondary N) is 2. The fraction of sp³-hybridized carbons (Fsp3) is 0.300. The third kappa shape index (κ3) is 2.06. The van der Waals surface area contributed by atoms with Crippen LogP contribution in [0.25, 0.3) is 0 Å². The zero-order valence-corrected chi connectivity index (χ0v) is 8.95. The van der Waals surface area contributed by atoms with Gasteiger partial charge in [-0.15, -0.1) is 0 Å². The normalized spacial score (nSPS) is 19.5. The Morgan fingerprint density at radius 1 is 1.40 bits per heavy atom. The Kier molecular flexibility index (Phi) is 2.54. The van der Waals surface area contributed by atoms with Crippen molar-refractivity contribution < 1.29 is 4.79 Å². The second-order valence-corrected chi connectivity index (χ2v) is 3.89. The van der Waals surface area contributed by atoms with Gasteiger partial charge in [0.05, 0.1) is 6.04 Å². The minimum absolute atomic E-state index is 0.0864. The molecule has 1 aromatic rings. The van der Waals surface area contributed by atoms with Crippen molar-refractivity contribution in [3.63, 3.8) is 0 Å². The molecule has 2 N–H and O–H groups in total. The molecule has 0 spiro atoms. The number of hydrogen-bond donors (Lipinski definition) is 2. The summed E-state index contributed by atoms with van der Waals surface area (Å²) in [6.07, 6.45) is 0. The molecule has 0 radical (unpaired) electrons. The Bertz CT molecular complexity index is 363. The summed E-state index contributed by atoms with van der Waals surface area (Å²) in [7, 11) is 4.02. The molecule has 0 aromatic heterocycles. The van der Waals surface area contributed by atoms with Crippen molar-refractivity contribution in [1.29, 1.82) is 0 Å². The first-order valence-corrected chi connectivity index (χ1v) is 4.98. The molecule has 1 aromatic carbocycles. The molecule has 0 bridgehead atoms. The van der Waals surface area contributed by atoms with E-state index in [9.17, 15) is 4.79 Å². The number of benzene rings is 1. The highest BCUT2D eigenvalue weighted by Gasteiger charge is 2.20. The van der Waals surface area contributed by atoms with Crippen LogP contribution >= 0.6 is 0 Å². The second-order valence-electron chi connectivity index (χ2n) is 3.89. The van der Waals surface area contributed by atoms with Crippen molar-refractivity contribution in [3.8, 4) is 0 Å². The number of hydrogen-bond acceptors (Lipinski definition) is 2. The standard InChI is InChI=1S/C10H14BN3O/c1-14(11)8-4-2-7(3-5-8)9-6-12-10(15)13-9/h2-5,9H,6,11H2,1H3,(H2,12,13,15). The van der Waals surface area contributed by atoms with Crippen molar-refractivity contribution >= 4 is 19.7 Å². The number of amides is 2. The van der Waals surface area contributed by atoms with Crippen molar-refractivity contribution in [2.24, 2.45) is 0 Å². The average Bonchev–Trinajstić information content (AvgIpc) is 2.65. The largest absolute Gasteiger partial charge is 0.424 e. The molecule has 1 aliphatic rings. The maximum Gasteiger partial charge on any atom is 0.315 e. The molecule has 2 rings (SSSR count). The number of carbonyl (C=O) groups is 1. The SMILES string of the molecule is BN(C)c1ccc(C2CNC(=O)N2)cc1.